The van der Waals surface area contributed by atoms with Gasteiger partial charge < -0.3 is 10.1 Å². The average molecular weight is 394 g/mol. The Labute approximate surface area is 166 Å². The van der Waals surface area contributed by atoms with Crippen LogP contribution in [0.3, 0.4) is 0 Å². The predicted molar refractivity (Wildman–Crippen MR) is 106 cm³/mol. The maximum absolute atomic E-state index is 12.9. The first-order valence-electron chi connectivity index (χ1n) is 8.75. The Morgan fingerprint density at radius 1 is 1.00 bits per heavy atom. The lowest BCUT2D eigenvalue weighted by atomic mass is 10.1. The van der Waals surface area contributed by atoms with Crippen LogP contribution in [0.1, 0.15) is 15.9 Å². The number of anilines is 2. The number of hydrogen-bond donors (Lipinski definition) is 3. The van der Waals surface area contributed by atoms with E-state index in [1.165, 1.54) is 24.3 Å². The van der Waals surface area contributed by atoms with Crippen molar-refractivity contribution in [2.45, 2.75) is 6.42 Å². The smallest absolute Gasteiger partial charge is 0.273 e. The number of para-hydroxylation sites is 2. The number of carbonyl (C=O) groups excluding carboxylic acids is 2. The summed E-state index contributed by atoms with van der Waals surface area (Å²) in [6, 6.07) is 16.0. The van der Waals surface area contributed by atoms with E-state index >= 15 is 0 Å². The normalized spacial score (nSPS) is 10.1. The first-order chi connectivity index (χ1) is 14.1. The van der Waals surface area contributed by atoms with Crippen LogP contribution in [0.5, 0.6) is 5.75 Å². The minimum absolute atomic E-state index is 0.0000784. The zero-order chi connectivity index (χ0) is 20.6. The van der Waals surface area contributed by atoms with Crippen LogP contribution in [0, 0.1) is 5.82 Å². The van der Waals surface area contributed by atoms with Crippen molar-refractivity contribution in [3.8, 4) is 5.75 Å². The zero-order valence-electron chi connectivity index (χ0n) is 15.6. The average Bonchev–Trinajstić information content (AvgIpc) is 2.74. The third-order valence-electron chi connectivity index (χ3n) is 4.01. The molecule has 0 radical (unpaired) electrons. The predicted octanol–water partition coefficient (Wildman–Crippen LogP) is 2.98. The molecule has 0 aliphatic carbocycles. The number of rotatable bonds is 6. The monoisotopic (exact) mass is 394 g/mol. The molecule has 7 nitrogen and oxygen atoms in total. The van der Waals surface area contributed by atoms with Crippen LogP contribution >= 0.6 is 0 Å². The van der Waals surface area contributed by atoms with Gasteiger partial charge in [0.05, 0.1) is 24.8 Å². The first-order valence-corrected chi connectivity index (χ1v) is 8.75. The molecule has 0 saturated heterocycles. The Hall–Kier alpha value is -3.94. The van der Waals surface area contributed by atoms with E-state index in [0.29, 0.717) is 22.8 Å². The number of nitrogens with zero attached hydrogens (tertiary/aromatic N) is 1. The van der Waals surface area contributed by atoms with Crippen molar-refractivity contribution >= 4 is 23.3 Å². The number of aromatic nitrogens is 1. The van der Waals surface area contributed by atoms with Crippen molar-refractivity contribution in [1.29, 1.82) is 0 Å². The van der Waals surface area contributed by atoms with Crippen LogP contribution in [0.15, 0.2) is 66.9 Å². The van der Waals surface area contributed by atoms with Gasteiger partial charge in [-0.05, 0) is 42.0 Å². The minimum atomic E-state index is -0.539. The molecule has 2 amide bonds. The third-order valence-corrected chi connectivity index (χ3v) is 4.01. The summed E-state index contributed by atoms with van der Waals surface area (Å²) in [4.78, 5) is 28.7. The van der Waals surface area contributed by atoms with Gasteiger partial charge in [0.2, 0.25) is 5.91 Å². The van der Waals surface area contributed by atoms with E-state index in [0.717, 1.165) is 0 Å². The number of halogens is 1. The van der Waals surface area contributed by atoms with Crippen molar-refractivity contribution in [1.82, 2.24) is 15.8 Å². The molecule has 0 saturated carbocycles. The van der Waals surface area contributed by atoms with Gasteiger partial charge in [0.1, 0.15) is 17.4 Å². The Balaban J connectivity index is 1.65. The number of pyridine rings is 1. The molecule has 29 heavy (non-hydrogen) atoms. The lowest BCUT2D eigenvalue weighted by Gasteiger charge is -2.13. The highest BCUT2D eigenvalue weighted by molar-refractivity contribution is 6.00. The maximum Gasteiger partial charge on any atom is 0.273 e. The summed E-state index contributed by atoms with van der Waals surface area (Å²) in [5.74, 6) is -0.454. The Morgan fingerprint density at radius 2 is 1.76 bits per heavy atom. The van der Waals surface area contributed by atoms with Gasteiger partial charge in [0.25, 0.3) is 5.91 Å². The molecule has 0 bridgehead atoms. The molecule has 0 aliphatic heterocycles. The Bertz CT molecular complexity index is 1010. The van der Waals surface area contributed by atoms with E-state index < -0.39 is 11.8 Å². The number of hydrogen-bond acceptors (Lipinski definition) is 5. The third kappa shape index (κ3) is 5.29. The highest BCUT2D eigenvalue weighted by Gasteiger charge is 2.15. The Morgan fingerprint density at radius 3 is 2.52 bits per heavy atom. The molecule has 1 heterocycles. The van der Waals surface area contributed by atoms with Crippen molar-refractivity contribution in [3.63, 3.8) is 0 Å². The van der Waals surface area contributed by atoms with Gasteiger partial charge in [-0.3, -0.25) is 20.4 Å². The number of nitrogens with one attached hydrogen (secondary N) is 3. The fourth-order valence-electron chi connectivity index (χ4n) is 2.59. The van der Waals surface area contributed by atoms with Gasteiger partial charge in [-0.2, -0.15) is 0 Å². The van der Waals surface area contributed by atoms with Crippen LogP contribution in [0.4, 0.5) is 15.9 Å². The molecular weight excluding hydrogens is 375 g/mol. The van der Waals surface area contributed by atoms with Gasteiger partial charge >= 0.3 is 0 Å². The van der Waals surface area contributed by atoms with Crippen LogP contribution in [-0.4, -0.2) is 23.9 Å². The van der Waals surface area contributed by atoms with Crippen molar-refractivity contribution < 1.29 is 18.7 Å². The van der Waals surface area contributed by atoms with E-state index in [-0.39, 0.29) is 17.8 Å². The highest BCUT2D eigenvalue weighted by Crippen LogP contribution is 2.27. The summed E-state index contributed by atoms with van der Waals surface area (Å²) < 4.78 is 18.2. The van der Waals surface area contributed by atoms with Crippen LogP contribution in [0.2, 0.25) is 0 Å². The van der Waals surface area contributed by atoms with Crippen molar-refractivity contribution in [2.24, 2.45) is 0 Å². The largest absolute Gasteiger partial charge is 0.495 e. The van der Waals surface area contributed by atoms with Crippen molar-refractivity contribution in [2.75, 3.05) is 12.4 Å². The van der Waals surface area contributed by atoms with E-state index in [4.69, 9.17) is 4.74 Å². The Kier molecular flexibility index (Phi) is 6.36. The summed E-state index contributed by atoms with van der Waals surface area (Å²) in [7, 11) is 1.54. The summed E-state index contributed by atoms with van der Waals surface area (Å²) in [5, 5.41) is 3.06. The van der Waals surface area contributed by atoms with Gasteiger partial charge in [0.15, 0.2) is 0 Å². The molecule has 3 N–H and O–H groups in total. The molecular formula is C21H19FN4O3. The molecule has 1 aromatic heterocycles. The van der Waals surface area contributed by atoms with Crippen LogP contribution in [0.25, 0.3) is 0 Å². The number of amides is 2. The summed E-state index contributed by atoms with van der Waals surface area (Å²) in [5.41, 5.74) is 6.21. The molecule has 3 rings (SSSR count). The summed E-state index contributed by atoms with van der Waals surface area (Å²) in [6.07, 6.45) is 1.54. The number of methoxy groups -OCH3 is 1. The number of benzene rings is 2. The van der Waals surface area contributed by atoms with E-state index in [2.05, 4.69) is 21.2 Å². The second-order valence-corrected chi connectivity index (χ2v) is 6.03. The molecule has 3 aromatic rings. The van der Waals surface area contributed by atoms with Gasteiger partial charge in [0, 0.05) is 6.20 Å². The van der Waals surface area contributed by atoms with E-state index in [1.807, 2.05) is 12.1 Å². The standard InChI is InChI=1S/C21H19FN4O3/c1-29-18-7-3-2-6-17(18)24-20-16(5-4-12-23-20)21(28)26-25-19(27)13-14-8-10-15(22)11-9-14/h2-12H,13H2,1H3,(H,23,24)(H,25,27)(H,26,28). The number of ether oxygens (including phenoxy) is 1. The molecule has 2 aromatic carbocycles. The molecule has 0 spiro atoms. The van der Waals surface area contributed by atoms with E-state index in [9.17, 15) is 14.0 Å². The fraction of sp³-hybridized carbons (Fsp3) is 0.0952. The molecule has 0 atom stereocenters. The minimum Gasteiger partial charge on any atom is -0.495 e. The van der Waals surface area contributed by atoms with Gasteiger partial charge in [-0.15, -0.1) is 0 Å². The van der Waals surface area contributed by atoms with Gasteiger partial charge in [-0.1, -0.05) is 24.3 Å². The highest BCUT2D eigenvalue weighted by atomic mass is 19.1. The van der Waals surface area contributed by atoms with Crippen molar-refractivity contribution in [3.05, 3.63) is 83.8 Å². The second-order valence-electron chi connectivity index (χ2n) is 6.03. The lowest BCUT2D eigenvalue weighted by molar-refractivity contribution is -0.121. The summed E-state index contributed by atoms with van der Waals surface area (Å²) in [6.45, 7) is 0. The number of carbonyl (C=O) groups is 2. The van der Waals surface area contributed by atoms with Crippen LogP contribution in [-0.2, 0) is 11.2 Å². The number of hydrazine groups is 1. The van der Waals surface area contributed by atoms with E-state index in [1.54, 1.807) is 37.6 Å². The SMILES string of the molecule is COc1ccccc1Nc1ncccc1C(=O)NNC(=O)Cc1ccc(F)cc1. The fourth-order valence-corrected chi connectivity index (χ4v) is 2.59. The van der Waals surface area contributed by atoms with Gasteiger partial charge in [-0.25, -0.2) is 9.37 Å². The second kappa shape index (κ2) is 9.32. The topological polar surface area (TPSA) is 92.3 Å². The maximum atomic E-state index is 12.9. The van der Waals surface area contributed by atoms with Crippen LogP contribution < -0.4 is 20.9 Å². The first kappa shape index (κ1) is 19.8. The molecule has 0 fully saturated rings. The summed E-state index contributed by atoms with van der Waals surface area (Å²) >= 11 is 0. The molecule has 0 aliphatic rings. The zero-order valence-corrected chi connectivity index (χ0v) is 15.6. The quantitative estimate of drug-likeness (QED) is 0.559. The molecule has 8 heteroatoms. The molecule has 148 valence electrons. The lowest BCUT2D eigenvalue weighted by Crippen LogP contribution is -2.42. The molecule has 0 unspecified atom stereocenters.